The molecule has 0 spiro atoms. The molecule has 0 aliphatic carbocycles. The summed E-state index contributed by atoms with van der Waals surface area (Å²) in [6.07, 6.45) is 8.61. The Labute approximate surface area is 270 Å². The second-order valence-electron chi connectivity index (χ2n) is 12.5. The van der Waals surface area contributed by atoms with Crippen molar-refractivity contribution in [1.82, 2.24) is 31.9 Å². The SMILES string of the molecule is CSCC[C@@H](CNCCCNCCCCNCCCNC(=O)[C@H](CCSC)NC(=O)OC(C)(C)C)NC(=O)OC(C)(C)C. The van der Waals surface area contributed by atoms with Gasteiger partial charge < -0.3 is 41.4 Å². The zero-order valence-electron chi connectivity index (χ0n) is 28.1. The molecule has 11 nitrogen and oxygen atoms in total. The van der Waals surface area contributed by atoms with Crippen LogP contribution in [0.2, 0.25) is 0 Å². The number of nitrogens with one attached hydrogen (secondary N) is 6. The average molecular weight is 651 g/mol. The predicted octanol–water partition coefficient (Wildman–Crippen LogP) is 3.72. The van der Waals surface area contributed by atoms with E-state index in [1.807, 2.05) is 27.0 Å². The first-order chi connectivity index (χ1) is 20.3. The Kier molecular flexibility index (Phi) is 24.0. The minimum atomic E-state index is -0.605. The first kappa shape index (κ1) is 41.6. The maximum atomic E-state index is 12.6. The summed E-state index contributed by atoms with van der Waals surface area (Å²) in [6.45, 7) is 16.9. The molecule has 0 rings (SSSR count). The number of ether oxygens (including phenoxy) is 2. The van der Waals surface area contributed by atoms with Gasteiger partial charge in [0.1, 0.15) is 17.2 Å². The Morgan fingerprint density at radius 1 is 0.628 bits per heavy atom. The molecular formula is C30H62N6O5S2. The highest BCUT2D eigenvalue weighted by Crippen LogP contribution is 2.09. The van der Waals surface area contributed by atoms with Gasteiger partial charge in [-0.1, -0.05) is 0 Å². The molecule has 0 fully saturated rings. The number of hydrogen-bond acceptors (Lipinski definition) is 10. The lowest BCUT2D eigenvalue weighted by Crippen LogP contribution is -2.48. The van der Waals surface area contributed by atoms with Gasteiger partial charge in [0.05, 0.1) is 0 Å². The maximum Gasteiger partial charge on any atom is 0.408 e. The van der Waals surface area contributed by atoms with Crippen LogP contribution in [0.15, 0.2) is 0 Å². The van der Waals surface area contributed by atoms with Crippen molar-refractivity contribution in [2.75, 3.05) is 69.8 Å². The third-order valence-electron chi connectivity index (χ3n) is 5.89. The number of carbonyl (C=O) groups is 3. The normalized spacial score (nSPS) is 13.2. The monoisotopic (exact) mass is 650 g/mol. The van der Waals surface area contributed by atoms with Crippen LogP contribution in [0.1, 0.15) is 80.1 Å². The minimum Gasteiger partial charge on any atom is -0.444 e. The van der Waals surface area contributed by atoms with Crippen LogP contribution in [0.25, 0.3) is 0 Å². The number of thioether (sulfide) groups is 2. The molecule has 0 saturated heterocycles. The van der Waals surface area contributed by atoms with E-state index in [1.165, 1.54) is 0 Å². The molecule has 6 N–H and O–H groups in total. The Morgan fingerprint density at radius 3 is 1.63 bits per heavy atom. The molecule has 0 bridgehead atoms. The standard InChI is InChI=1S/C30H62N6O5S2/c1-29(2,3)40-27(38)35-24(13-21-42-7)23-33-19-11-17-31-15-9-10-16-32-18-12-20-34-26(37)25(14-22-43-8)36-28(39)41-30(4,5)6/h24-25,31-33H,9-23H2,1-8H3,(H,34,37)(H,35,38)(H,36,39)/t24-,25-/m0/s1. The summed E-state index contributed by atoms with van der Waals surface area (Å²) in [5.74, 6) is 1.59. The molecule has 0 aromatic heterocycles. The molecule has 13 heteroatoms. The van der Waals surface area contributed by atoms with Gasteiger partial charge in [-0.3, -0.25) is 4.79 Å². The molecule has 254 valence electrons. The Hall–Kier alpha value is -1.41. The van der Waals surface area contributed by atoms with E-state index in [2.05, 4.69) is 38.2 Å². The highest BCUT2D eigenvalue weighted by Gasteiger charge is 2.24. The van der Waals surface area contributed by atoms with Gasteiger partial charge in [-0.25, -0.2) is 9.59 Å². The highest BCUT2D eigenvalue weighted by atomic mass is 32.2. The van der Waals surface area contributed by atoms with Crippen molar-refractivity contribution in [2.24, 2.45) is 0 Å². The zero-order valence-corrected chi connectivity index (χ0v) is 29.8. The van der Waals surface area contributed by atoms with Crippen molar-refractivity contribution in [3.05, 3.63) is 0 Å². The van der Waals surface area contributed by atoms with Crippen LogP contribution in [0.3, 0.4) is 0 Å². The second-order valence-corrected chi connectivity index (χ2v) is 14.5. The van der Waals surface area contributed by atoms with Crippen LogP contribution in [0.5, 0.6) is 0 Å². The Bertz CT molecular complexity index is 750. The Morgan fingerprint density at radius 2 is 1.09 bits per heavy atom. The summed E-state index contributed by atoms with van der Waals surface area (Å²) < 4.78 is 10.7. The van der Waals surface area contributed by atoms with E-state index in [0.29, 0.717) is 13.0 Å². The molecule has 3 amide bonds. The van der Waals surface area contributed by atoms with Gasteiger partial charge >= 0.3 is 12.2 Å². The molecule has 0 aliphatic heterocycles. The van der Waals surface area contributed by atoms with E-state index in [0.717, 1.165) is 82.9 Å². The van der Waals surface area contributed by atoms with Crippen molar-refractivity contribution in [3.8, 4) is 0 Å². The predicted molar refractivity (Wildman–Crippen MR) is 182 cm³/mol. The molecule has 2 atom stereocenters. The molecule has 0 aromatic rings. The van der Waals surface area contributed by atoms with Gasteiger partial charge in [-0.05, 0) is 137 Å². The van der Waals surface area contributed by atoms with Crippen molar-refractivity contribution < 1.29 is 23.9 Å². The van der Waals surface area contributed by atoms with Crippen LogP contribution in [-0.4, -0.2) is 111 Å². The highest BCUT2D eigenvalue weighted by molar-refractivity contribution is 7.98. The maximum absolute atomic E-state index is 12.6. The first-order valence-corrected chi connectivity index (χ1v) is 18.4. The van der Waals surface area contributed by atoms with Crippen molar-refractivity contribution in [3.63, 3.8) is 0 Å². The third-order valence-corrected chi connectivity index (χ3v) is 7.18. The van der Waals surface area contributed by atoms with Gasteiger partial charge in [0.2, 0.25) is 5.91 Å². The lowest BCUT2D eigenvalue weighted by molar-refractivity contribution is -0.123. The van der Waals surface area contributed by atoms with Gasteiger partial charge in [0, 0.05) is 19.1 Å². The summed E-state index contributed by atoms with van der Waals surface area (Å²) in [5.41, 5.74) is -1.10. The quantitative estimate of drug-likeness (QED) is 0.0857. The number of hydrogen-bond donors (Lipinski definition) is 6. The fourth-order valence-corrected chi connectivity index (χ4v) is 4.82. The van der Waals surface area contributed by atoms with Crippen molar-refractivity contribution in [2.45, 2.75) is 103 Å². The lowest BCUT2D eigenvalue weighted by Gasteiger charge is -2.24. The van der Waals surface area contributed by atoms with Crippen LogP contribution >= 0.6 is 23.5 Å². The number of carbonyl (C=O) groups excluding carboxylic acids is 3. The summed E-state index contributed by atoms with van der Waals surface area (Å²) >= 11 is 3.41. The number of rotatable bonds is 24. The second kappa shape index (κ2) is 24.9. The lowest BCUT2D eigenvalue weighted by atomic mass is 10.2. The summed E-state index contributed by atoms with van der Waals surface area (Å²) in [5, 5.41) is 19.0. The minimum absolute atomic E-state index is 0.0575. The van der Waals surface area contributed by atoms with E-state index < -0.39 is 23.3 Å². The van der Waals surface area contributed by atoms with Gasteiger partial charge in [0.15, 0.2) is 0 Å². The van der Waals surface area contributed by atoms with E-state index >= 15 is 0 Å². The largest absolute Gasteiger partial charge is 0.444 e. The number of unbranched alkanes of at least 4 members (excludes halogenated alkanes) is 1. The number of amides is 3. The summed E-state index contributed by atoms with van der Waals surface area (Å²) in [6, 6.07) is -0.538. The van der Waals surface area contributed by atoms with Gasteiger partial charge in [0.25, 0.3) is 0 Å². The Balaban J connectivity index is 3.86. The molecule has 0 saturated carbocycles. The average Bonchev–Trinajstić information content (AvgIpc) is 2.89. The van der Waals surface area contributed by atoms with E-state index in [4.69, 9.17) is 9.47 Å². The topological polar surface area (TPSA) is 142 Å². The smallest absolute Gasteiger partial charge is 0.408 e. The van der Waals surface area contributed by atoms with Gasteiger partial charge in [-0.15, -0.1) is 0 Å². The number of alkyl carbamates (subject to hydrolysis) is 2. The van der Waals surface area contributed by atoms with Crippen LogP contribution < -0.4 is 31.9 Å². The van der Waals surface area contributed by atoms with E-state index in [9.17, 15) is 14.4 Å². The zero-order chi connectivity index (χ0) is 32.6. The fourth-order valence-electron chi connectivity index (χ4n) is 3.83. The van der Waals surface area contributed by atoms with Crippen molar-refractivity contribution >= 4 is 41.6 Å². The van der Waals surface area contributed by atoms with Crippen LogP contribution in [0.4, 0.5) is 9.59 Å². The first-order valence-electron chi connectivity index (χ1n) is 15.6. The molecular weight excluding hydrogens is 589 g/mol. The van der Waals surface area contributed by atoms with Gasteiger partial charge in [-0.2, -0.15) is 23.5 Å². The van der Waals surface area contributed by atoms with Crippen LogP contribution in [0, 0.1) is 0 Å². The van der Waals surface area contributed by atoms with Crippen molar-refractivity contribution in [1.29, 1.82) is 0 Å². The van der Waals surface area contributed by atoms with E-state index in [-0.39, 0.29) is 18.0 Å². The molecule has 0 heterocycles. The molecule has 0 unspecified atom stereocenters. The molecule has 0 radical (unpaired) electrons. The third kappa shape index (κ3) is 27.8. The molecule has 0 aliphatic rings. The molecule has 43 heavy (non-hydrogen) atoms. The van der Waals surface area contributed by atoms with E-state index in [1.54, 1.807) is 44.3 Å². The summed E-state index contributed by atoms with van der Waals surface area (Å²) in [7, 11) is 0. The summed E-state index contributed by atoms with van der Waals surface area (Å²) in [4.78, 5) is 36.8. The fraction of sp³-hybridized carbons (Fsp3) is 0.900. The molecule has 0 aromatic carbocycles. The van der Waals surface area contributed by atoms with Crippen LogP contribution in [-0.2, 0) is 14.3 Å².